The van der Waals surface area contributed by atoms with E-state index < -0.39 is 4.92 Å². The van der Waals surface area contributed by atoms with Crippen LogP contribution in [0.3, 0.4) is 0 Å². The van der Waals surface area contributed by atoms with Crippen LogP contribution in [-0.2, 0) is 0 Å². The van der Waals surface area contributed by atoms with Gasteiger partial charge in [0.05, 0.1) is 37.1 Å². The fourth-order valence-corrected chi connectivity index (χ4v) is 4.12. The van der Waals surface area contributed by atoms with E-state index in [-0.39, 0.29) is 11.6 Å². The minimum Gasteiger partial charge on any atom is -0.330 e. The average Bonchev–Trinajstić information content (AvgIpc) is 2.61. The Balaban J connectivity index is 1.55. The van der Waals surface area contributed by atoms with Crippen molar-refractivity contribution in [1.29, 1.82) is 0 Å². The molecule has 1 saturated heterocycles. The van der Waals surface area contributed by atoms with Crippen LogP contribution in [0.2, 0.25) is 0 Å². The van der Waals surface area contributed by atoms with Gasteiger partial charge in [0, 0.05) is 24.1 Å². The van der Waals surface area contributed by atoms with Gasteiger partial charge in [0.2, 0.25) is 0 Å². The zero-order valence-electron chi connectivity index (χ0n) is 14.2. The highest BCUT2D eigenvalue weighted by Crippen LogP contribution is 2.22. The molecule has 1 saturated carbocycles. The first kappa shape index (κ1) is 16.9. The first-order valence-corrected chi connectivity index (χ1v) is 8.93. The molecule has 24 heavy (non-hydrogen) atoms. The van der Waals surface area contributed by atoms with Crippen LogP contribution in [0.5, 0.6) is 0 Å². The highest BCUT2D eigenvalue weighted by Gasteiger charge is 2.32. The summed E-state index contributed by atoms with van der Waals surface area (Å²) < 4.78 is 0. The highest BCUT2D eigenvalue weighted by molar-refractivity contribution is 5.94. The second-order valence-corrected chi connectivity index (χ2v) is 7.22. The van der Waals surface area contributed by atoms with Gasteiger partial charge in [-0.3, -0.25) is 14.9 Å². The third kappa shape index (κ3) is 3.75. The summed E-state index contributed by atoms with van der Waals surface area (Å²) in [5, 5.41) is 10.7. The fraction of sp³-hybridized carbons (Fsp3) is 0.611. The number of nitrogens with zero attached hydrogens (tertiary/aromatic N) is 2. The summed E-state index contributed by atoms with van der Waals surface area (Å²) in [5.41, 5.74) is 0.558. The molecule has 1 amide bonds. The minimum absolute atomic E-state index is 0.0130. The maximum Gasteiger partial charge on any atom is 0.269 e. The number of nitrogens with one attached hydrogen (secondary N) is 1. The van der Waals surface area contributed by atoms with Crippen LogP contribution in [0, 0.1) is 16.0 Å². The number of quaternary nitrogens is 1. The van der Waals surface area contributed by atoms with Gasteiger partial charge in [-0.15, -0.1) is 0 Å². The van der Waals surface area contributed by atoms with E-state index in [4.69, 9.17) is 0 Å². The monoisotopic (exact) mass is 332 g/mol. The van der Waals surface area contributed by atoms with Crippen molar-refractivity contribution in [3.05, 3.63) is 39.9 Å². The third-order valence-electron chi connectivity index (χ3n) is 5.53. The standard InChI is InChI=1S/C18H25N3O3/c1-14-3-2-4-17(13-14)19-9-11-20(12-10-19)18(22)15-5-7-16(8-6-15)21(23)24/h5-8,14,17H,2-4,9-13H2,1H3/p+1/t14-,17+/m0/s1. The summed E-state index contributed by atoms with van der Waals surface area (Å²) in [5.74, 6) is 0.817. The van der Waals surface area contributed by atoms with Gasteiger partial charge in [0.1, 0.15) is 0 Å². The van der Waals surface area contributed by atoms with Gasteiger partial charge in [-0.2, -0.15) is 0 Å². The molecule has 130 valence electrons. The predicted molar refractivity (Wildman–Crippen MR) is 91.1 cm³/mol. The topological polar surface area (TPSA) is 67.9 Å². The Hall–Kier alpha value is -1.95. The van der Waals surface area contributed by atoms with Crippen molar-refractivity contribution in [2.45, 2.75) is 38.6 Å². The van der Waals surface area contributed by atoms with E-state index in [1.807, 2.05) is 4.90 Å². The number of nitro benzene ring substituents is 1. The molecule has 0 spiro atoms. The molecule has 6 heteroatoms. The van der Waals surface area contributed by atoms with Gasteiger partial charge in [0.15, 0.2) is 0 Å². The second-order valence-electron chi connectivity index (χ2n) is 7.22. The smallest absolute Gasteiger partial charge is 0.269 e. The first-order valence-electron chi connectivity index (χ1n) is 8.93. The van der Waals surface area contributed by atoms with Gasteiger partial charge >= 0.3 is 0 Å². The van der Waals surface area contributed by atoms with Crippen molar-refractivity contribution in [3.63, 3.8) is 0 Å². The molecule has 1 aromatic rings. The molecular formula is C18H26N3O3+. The number of carbonyl (C=O) groups is 1. The Labute approximate surface area is 142 Å². The van der Waals surface area contributed by atoms with Gasteiger partial charge in [0.25, 0.3) is 11.6 Å². The van der Waals surface area contributed by atoms with Crippen LogP contribution in [0.25, 0.3) is 0 Å². The van der Waals surface area contributed by atoms with E-state index in [0.717, 1.165) is 38.1 Å². The Morgan fingerprint density at radius 1 is 1.21 bits per heavy atom. The number of nitro groups is 1. The summed E-state index contributed by atoms with van der Waals surface area (Å²) in [6.07, 6.45) is 5.32. The molecule has 0 aromatic heterocycles. The molecular weight excluding hydrogens is 306 g/mol. The van der Waals surface area contributed by atoms with E-state index in [2.05, 4.69) is 6.92 Å². The van der Waals surface area contributed by atoms with Gasteiger partial charge in [-0.1, -0.05) is 13.3 Å². The Morgan fingerprint density at radius 2 is 1.88 bits per heavy atom. The molecule has 1 aliphatic carbocycles. The maximum absolute atomic E-state index is 12.6. The van der Waals surface area contributed by atoms with Crippen LogP contribution >= 0.6 is 0 Å². The molecule has 0 radical (unpaired) electrons. The SMILES string of the molecule is C[C@H]1CCC[C@@H]([NH+]2CCN(C(=O)c3ccc([N+](=O)[O-])cc3)CC2)C1. The number of carbonyl (C=O) groups excluding carboxylic acids is 1. The van der Waals surface area contributed by atoms with Crippen molar-refractivity contribution in [1.82, 2.24) is 4.90 Å². The van der Waals surface area contributed by atoms with Crippen LogP contribution in [0.4, 0.5) is 5.69 Å². The Kier molecular flexibility index (Phi) is 5.14. The lowest BCUT2D eigenvalue weighted by atomic mass is 9.86. The van der Waals surface area contributed by atoms with Crippen molar-refractivity contribution < 1.29 is 14.6 Å². The zero-order chi connectivity index (χ0) is 17.1. The number of hydrogen-bond acceptors (Lipinski definition) is 3. The predicted octanol–water partition coefficient (Wildman–Crippen LogP) is 1.51. The van der Waals surface area contributed by atoms with Crippen molar-refractivity contribution >= 4 is 11.6 Å². The van der Waals surface area contributed by atoms with Crippen LogP contribution < -0.4 is 4.90 Å². The van der Waals surface area contributed by atoms with Gasteiger partial charge in [-0.25, -0.2) is 0 Å². The molecule has 1 aliphatic heterocycles. The molecule has 1 N–H and O–H groups in total. The normalized spacial score (nSPS) is 25.5. The molecule has 3 rings (SSSR count). The molecule has 2 atom stereocenters. The summed E-state index contributed by atoms with van der Waals surface area (Å²) in [6.45, 7) is 5.91. The minimum atomic E-state index is -0.443. The number of benzene rings is 1. The number of hydrogen-bond donors (Lipinski definition) is 1. The van der Waals surface area contributed by atoms with E-state index >= 15 is 0 Å². The Morgan fingerprint density at radius 3 is 2.46 bits per heavy atom. The Bertz CT molecular complexity index is 594. The number of non-ortho nitro benzene ring substituents is 1. The van der Waals surface area contributed by atoms with Crippen LogP contribution in [0.1, 0.15) is 43.0 Å². The molecule has 2 aliphatic rings. The average molecular weight is 332 g/mol. The van der Waals surface area contributed by atoms with Crippen molar-refractivity contribution in [2.75, 3.05) is 26.2 Å². The molecule has 1 aromatic carbocycles. The lowest BCUT2D eigenvalue weighted by molar-refractivity contribution is -0.930. The first-order chi connectivity index (χ1) is 11.5. The van der Waals surface area contributed by atoms with E-state index in [1.165, 1.54) is 37.8 Å². The van der Waals surface area contributed by atoms with Crippen LogP contribution in [-0.4, -0.2) is 48.0 Å². The zero-order valence-corrected chi connectivity index (χ0v) is 14.2. The van der Waals surface area contributed by atoms with E-state index in [0.29, 0.717) is 5.56 Å². The molecule has 2 fully saturated rings. The van der Waals surface area contributed by atoms with E-state index in [1.54, 1.807) is 17.0 Å². The summed E-state index contributed by atoms with van der Waals surface area (Å²) in [4.78, 5) is 26.4. The number of rotatable bonds is 3. The third-order valence-corrected chi connectivity index (χ3v) is 5.53. The lowest BCUT2D eigenvalue weighted by Gasteiger charge is -2.39. The summed E-state index contributed by atoms with van der Waals surface area (Å²) >= 11 is 0. The van der Waals surface area contributed by atoms with Crippen molar-refractivity contribution in [2.24, 2.45) is 5.92 Å². The molecule has 1 heterocycles. The lowest BCUT2D eigenvalue weighted by Crippen LogP contribution is -3.18. The quantitative estimate of drug-likeness (QED) is 0.674. The number of piperazine rings is 1. The molecule has 6 nitrogen and oxygen atoms in total. The second kappa shape index (κ2) is 7.30. The van der Waals surface area contributed by atoms with Gasteiger partial charge < -0.3 is 9.80 Å². The van der Waals surface area contributed by atoms with Crippen LogP contribution in [0.15, 0.2) is 24.3 Å². The molecule has 0 unspecified atom stereocenters. The largest absolute Gasteiger partial charge is 0.330 e. The highest BCUT2D eigenvalue weighted by atomic mass is 16.6. The summed E-state index contributed by atoms with van der Waals surface area (Å²) in [7, 11) is 0. The number of amides is 1. The summed E-state index contributed by atoms with van der Waals surface area (Å²) in [6, 6.07) is 6.67. The van der Waals surface area contributed by atoms with Crippen molar-refractivity contribution in [3.8, 4) is 0 Å². The van der Waals surface area contributed by atoms with Gasteiger partial charge in [-0.05, 0) is 30.9 Å². The van der Waals surface area contributed by atoms with E-state index in [9.17, 15) is 14.9 Å². The maximum atomic E-state index is 12.6. The molecule has 0 bridgehead atoms. The fourth-order valence-electron chi connectivity index (χ4n) is 4.12.